The number of nitrogens with zero attached hydrogens (tertiary/aromatic N) is 2. The van der Waals surface area contributed by atoms with Gasteiger partial charge in [0.15, 0.2) is 0 Å². The highest BCUT2D eigenvalue weighted by molar-refractivity contribution is 8.00. The Hall–Kier alpha value is -1.82. The maximum absolute atomic E-state index is 11.6. The predicted molar refractivity (Wildman–Crippen MR) is 79.3 cm³/mol. The molecule has 1 atom stereocenters. The molecule has 1 unspecified atom stereocenters. The van der Waals surface area contributed by atoms with Crippen LogP contribution in [0.1, 0.15) is 37.4 Å². The van der Waals surface area contributed by atoms with E-state index in [-0.39, 0.29) is 5.41 Å². The summed E-state index contributed by atoms with van der Waals surface area (Å²) in [5.74, 6) is 0.389. The highest BCUT2D eigenvalue weighted by atomic mass is 32.2. The van der Waals surface area contributed by atoms with Crippen LogP contribution in [0.3, 0.4) is 0 Å². The number of aromatic amines is 1. The topological polar surface area (TPSA) is 84.7 Å². The van der Waals surface area contributed by atoms with Crippen molar-refractivity contribution in [2.75, 3.05) is 0 Å². The van der Waals surface area contributed by atoms with Gasteiger partial charge in [-0.05, 0) is 5.56 Å². The van der Waals surface area contributed by atoms with Crippen molar-refractivity contribution < 1.29 is 4.79 Å². The van der Waals surface area contributed by atoms with Crippen LogP contribution < -0.4 is 5.73 Å². The summed E-state index contributed by atoms with van der Waals surface area (Å²) in [4.78, 5) is 16.1. The fraction of sp³-hybridized carbons (Fsp3) is 0.357. The van der Waals surface area contributed by atoms with E-state index in [4.69, 9.17) is 5.73 Å². The Labute approximate surface area is 122 Å². The van der Waals surface area contributed by atoms with E-state index in [0.29, 0.717) is 5.16 Å². The van der Waals surface area contributed by atoms with Crippen LogP contribution in [0, 0.1) is 0 Å². The Kier molecular flexibility index (Phi) is 4.13. The number of hydrogen-bond donors (Lipinski definition) is 2. The van der Waals surface area contributed by atoms with Crippen molar-refractivity contribution in [3.63, 3.8) is 0 Å². The van der Waals surface area contributed by atoms with Gasteiger partial charge in [-0.1, -0.05) is 62.9 Å². The third kappa shape index (κ3) is 3.39. The first-order valence-electron chi connectivity index (χ1n) is 6.32. The molecule has 1 aromatic carbocycles. The summed E-state index contributed by atoms with van der Waals surface area (Å²) in [6.07, 6.45) is 0. The molecular formula is C14H18N4OS. The van der Waals surface area contributed by atoms with Crippen LogP contribution in [0.2, 0.25) is 0 Å². The summed E-state index contributed by atoms with van der Waals surface area (Å²) in [7, 11) is 0. The zero-order valence-electron chi connectivity index (χ0n) is 11.8. The van der Waals surface area contributed by atoms with Crippen LogP contribution >= 0.6 is 11.8 Å². The van der Waals surface area contributed by atoms with Gasteiger partial charge in [-0.2, -0.15) is 0 Å². The van der Waals surface area contributed by atoms with Gasteiger partial charge in [0.2, 0.25) is 11.1 Å². The lowest BCUT2D eigenvalue weighted by atomic mass is 9.96. The van der Waals surface area contributed by atoms with Gasteiger partial charge in [-0.3, -0.25) is 9.89 Å². The Bertz CT molecular complexity index is 589. The zero-order chi connectivity index (χ0) is 14.8. The quantitative estimate of drug-likeness (QED) is 0.847. The number of nitrogens with one attached hydrogen (secondary N) is 1. The number of thioether (sulfide) groups is 1. The van der Waals surface area contributed by atoms with Crippen molar-refractivity contribution in [2.45, 2.75) is 36.6 Å². The molecule has 0 saturated heterocycles. The number of rotatable bonds is 4. The molecule has 20 heavy (non-hydrogen) atoms. The SMILES string of the molecule is CC(C)(C)c1nc(SC(C(N)=O)c2ccccc2)n[nH]1. The Morgan fingerprint density at radius 2 is 1.95 bits per heavy atom. The second-order valence-electron chi connectivity index (χ2n) is 5.53. The fourth-order valence-electron chi connectivity index (χ4n) is 1.66. The molecule has 1 amide bonds. The molecule has 5 nitrogen and oxygen atoms in total. The van der Waals surface area contributed by atoms with Crippen molar-refractivity contribution in [1.29, 1.82) is 0 Å². The van der Waals surface area contributed by atoms with Gasteiger partial charge in [0.25, 0.3) is 0 Å². The summed E-state index contributed by atoms with van der Waals surface area (Å²) < 4.78 is 0. The second kappa shape index (κ2) is 5.66. The molecular weight excluding hydrogens is 272 g/mol. The van der Waals surface area contributed by atoms with Crippen molar-refractivity contribution in [2.24, 2.45) is 5.73 Å². The predicted octanol–water partition coefficient (Wildman–Crippen LogP) is 2.42. The number of carbonyl (C=O) groups excluding carboxylic acids is 1. The Balaban J connectivity index is 2.22. The van der Waals surface area contributed by atoms with Crippen LogP contribution in [0.15, 0.2) is 35.5 Å². The van der Waals surface area contributed by atoms with Gasteiger partial charge >= 0.3 is 0 Å². The summed E-state index contributed by atoms with van der Waals surface area (Å²) in [6, 6.07) is 9.41. The van der Waals surface area contributed by atoms with E-state index < -0.39 is 11.2 Å². The molecule has 6 heteroatoms. The molecule has 2 rings (SSSR count). The highest BCUT2D eigenvalue weighted by Crippen LogP contribution is 2.33. The highest BCUT2D eigenvalue weighted by Gasteiger charge is 2.24. The number of carbonyl (C=O) groups is 1. The molecule has 0 aliphatic heterocycles. The van der Waals surface area contributed by atoms with E-state index in [1.54, 1.807) is 0 Å². The molecule has 1 aromatic heterocycles. The largest absolute Gasteiger partial charge is 0.368 e. The van der Waals surface area contributed by atoms with E-state index in [2.05, 4.69) is 15.2 Å². The summed E-state index contributed by atoms with van der Waals surface area (Å²) >= 11 is 1.26. The lowest BCUT2D eigenvalue weighted by Crippen LogP contribution is -2.19. The van der Waals surface area contributed by atoms with E-state index in [9.17, 15) is 4.79 Å². The molecule has 2 aromatic rings. The maximum Gasteiger partial charge on any atom is 0.235 e. The summed E-state index contributed by atoms with van der Waals surface area (Å²) in [5, 5.41) is 7.10. The summed E-state index contributed by atoms with van der Waals surface area (Å²) in [5.41, 5.74) is 6.23. The molecule has 106 valence electrons. The van der Waals surface area contributed by atoms with Gasteiger partial charge in [-0.15, -0.1) is 5.10 Å². The van der Waals surface area contributed by atoms with Gasteiger partial charge in [0.1, 0.15) is 11.1 Å². The maximum atomic E-state index is 11.6. The van der Waals surface area contributed by atoms with E-state index in [1.807, 2.05) is 51.1 Å². The first kappa shape index (κ1) is 14.6. The average Bonchev–Trinajstić information content (AvgIpc) is 2.85. The first-order valence-corrected chi connectivity index (χ1v) is 7.19. The Morgan fingerprint density at radius 3 is 2.45 bits per heavy atom. The van der Waals surface area contributed by atoms with Gasteiger partial charge in [0.05, 0.1) is 0 Å². The lowest BCUT2D eigenvalue weighted by molar-refractivity contribution is -0.117. The van der Waals surface area contributed by atoms with E-state index >= 15 is 0 Å². The smallest absolute Gasteiger partial charge is 0.235 e. The molecule has 0 spiro atoms. The van der Waals surface area contributed by atoms with Crippen LogP contribution in [-0.4, -0.2) is 21.1 Å². The number of aromatic nitrogens is 3. The monoisotopic (exact) mass is 290 g/mol. The van der Waals surface area contributed by atoms with Crippen LogP contribution in [0.25, 0.3) is 0 Å². The van der Waals surface area contributed by atoms with Gasteiger partial charge in [0, 0.05) is 5.41 Å². The standard InChI is InChI=1S/C14H18N4OS/c1-14(2,3)12-16-13(18-17-12)20-10(11(15)19)9-7-5-4-6-8-9/h4-8,10H,1-3H3,(H2,15,19)(H,16,17,18). The molecule has 0 saturated carbocycles. The third-order valence-electron chi connectivity index (χ3n) is 2.76. The minimum Gasteiger partial charge on any atom is -0.368 e. The van der Waals surface area contributed by atoms with Crippen LogP contribution in [-0.2, 0) is 10.2 Å². The van der Waals surface area contributed by atoms with Crippen molar-refractivity contribution >= 4 is 17.7 Å². The number of hydrogen-bond acceptors (Lipinski definition) is 4. The zero-order valence-corrected chi connectivity index (χ0v) is 12.6. The van der Waals surface area contributed by atoms with E-state index in [0.717, 1.165) is 11.4 Å². The number of H-pyrrole nitrogens is 1. The van der Waals surface area contributed by atoms with Crippen LogP contribution in [0.4, 0.5) is 0 Å². The van der Waals surface area contributed by atoms with Crippen molar-refractivity contribution in [3.05, 3.63) is 41.7 Å². The fourth-order valence-corrected chi connectivity index (χ4v) is 2.52. The molecule has 0 radical (unpaired) electrons. The van der Waals surface area contributed by atoms with Crippen molar-refractivity contribution in [1.82, 2.24) is 15.2 Å². The normalized spacial score (nSPS) is 13.2. The second-order valence-corrected chi connectivity index (χ2v) is 6.60. The molecule has 0 aliphatic rings. The lowest BCUT2D eigenvalue weighted by Gasteiger charge is -2.13. The molecule has 0 fully saturated rings. The minimum atomic E-state index is -0.486. The van der Waals surface area contributed by atoms with Crippen LogP contribution in [0.5, 0.6) is 0 Å². The number of primary amides is 1. The summed E-state index contributed by atoms with van der Waals surface area (Å²) in [6.45, 7) is 6.14. The van der Waals surface area contributed by atoms with E-state index in [1.165, 1.54) is 11.8 Å². The number of amides is 1. The number of nitrogens with two attached hydrogens (primary N) is 1. The first-order chi connectivity index (χ1) is 9.38. The molecule has 1 heterocycles. The molecule has 0 aliphatic carbocycles. The van der Waals surface area contributed by atoms with Gasteiger partial charge in [-0.25, -0.2) is 4.98 Å². The molecule has 0 bridgehead atoms. The van der Waals surface area contributed by atoms with Crippen molar-refractivity contribution in [3.8, 4) is 0 Å². The average molecular weight is 290 g/mol. The molecule has 3 N–H and O–H groups in total. The Morgan fingerprint density at radius 1 is 1.30 bits per heavy atom. The third-order valence-corrected chi connectivity index (χ3v) is 3.89. The van der Waals surface area contributed by atoms with Gasteiger partial charge < -0.3 is 5.73 Å². The number of benzene rings is 1. The minimum absolute atomic E-state index is 0.110.